The van der Waals surface area contributed by atoms with Gasteiger partial charge in [-0.3, -0.25) is 4.79 Å². The molecule has 4 rings (SSSR count). The molecule has 0 radical (unpaired) electrons. The highest BCUT2D eigenvalue weighted by Crippen LogP contribution is 2.39. The van der Waals surface area contributed by atoms with Gasteiger partial charge in [-0.1, -0.05) is 0 Å². The Labute approximate surface area is 175 Å². The normalized spacial score (nSPS) is 16.7. The van der Waals surface area contributed by atoms with Gasteiger partial charge in [-0.25, -0.2) is 0 Å². The number of likely N-dealkylation sites (tertiary alicyclic amines) is 1. The smallest absolute Gasteiger partial charge is 0.254 e. The van der Waals surface area contributed by atoms with Crippen LogP contribution in [0.3, 0.4) is 0 Å². The third-order valence-corrected chi connectivity index (χ3v) is 5.99. The van der Waals surface area contributed by atoms with E-state index in [0.29, 0.717) is 23.6 Å². The van der Waals surface area contributed by atoms with E-state index in [1.54, 1.807) is 21.3 Å². The van der Waals surface area contributed by atoms with Gasteiger partial charge in [0.15, 0.2) is 11.5 Å². The lowest BCUT2D eigenvalue weighted by atomic mass is 9.94. The van der Waals surface area contributed by atoms with Crippen molar-refractivity contribution in [1.82, 2.24) is 4.90 Å². The second-order valence-electron chi connectivity index (χ2n) is 7.59. The zero-order valence-corrected chi connectivity index (χ0v) is 17.6. The van der Waals surface area contributed by atoms with Crippen LogP contribution >= 0.6 is 0 Å². The van der Waals surface area contributed by atoms with Crippen molar-refractivity contribution in [3.8, 4) is 17.2 Å². The molecule has 1 amide bonds. The van der Waals surface area contributed by atoms with Crippen LogP contribution in [0.15, 0.2) is 36.4 Å². The Balaban J connectivity index is 1.97. The molecule has 3 aromatic rings. The molecule has 1 saturated heterocycles. The summed E-state index contributed by atoms with van der Waals surface area (Å²) in [5.41, 5.74) is 0.618. The summed E-state index contributed by atoms with van der Waals surface area (Å²) in [5, 5.41) is 13.4. The fourth-order valence-corrected chi connectivity index (χ4v) is 4.38. The minimum Gasteiger partial charge on any atom is -0.497 e. The highest BCUT2D eigenvalue weighted by molar-refractivity contribution is 6.18. The maximum atomic E-state index is 13.6. The molecule has 1 aliphatic rings. The number of aliphatic hydroxyl groups excluding tert-OH is 1. The van der Waals surface area contributed by atoms with Crippen LogP contribution in [-0.4, -0.2) is 56.4 Å². The molecule has 1 fully saturated rings. The molecule has 0 saturated carbocycles. The topological polar surface area (TPSA) is 68.2 Å². The number of hydrogen-bond acceptors (Lipinski definition) is 5. The van der Waals surface area contributed by atoms with E-state index in [9.17, 15) is 9.90 Å². The summed E-state index contributed by atoms with van der Waals surface area (Å²) in [4.78, 5) is 15.4. The Morgan fingerprint density at radius 2 is 1.73 bits per heavy atom. The highest BCUT2D eigenvalue weighted by Gasteiger charge is 2.28. The number of aliphatic hydroxyl groups is 1. The monoisotopic (exact) mass is 409 g/mol. The van der Waals surface area contributed by atoms with Gasteiger partial charge in [-0.2, -0.15) is 0 Å². The van der Waals surface area contributed by atoms with Gasteiger partial charge in [-0.05, 0) is 77.2 Å². The molecule has 6 nitrogen and oxygen atoms in total. The first-order valence-corrected chi connectivity index (χ1v) is 10.2. The molecule has 1 N–H and O–H groups in total. The molecule has 1 aliphatic heterocycles. The molecular weight excluding hydrogens is 382 g/mol. The quantitative estimate of drug-likeness (QED) is 0.645. The summed E-state index contributed by atoms with van der Waals surface area (Å²) in [5.74, 6) is 1.90. The Hall–Kier alpha value is -2.99. The average Bonchev–Trinajstić information content (AvgIpc) is 2.81. The van der Waals surface area contributed by atoms with Crippen molar-refractivity contribution in [3.05, 3.63) is 42.0 Å². The fraction of sp³-hybridized carbons (Fsp3) is 0.375. The second-order valence-corrected chi connectivity index (χ2v) is 7.59. The van der Waals surface area contributed by atoms with Crippen LogP contribution in [0.5, 0.6) is 17.2 Å². The van der Waals surface area contributed by atoms with Crippen LogP contribution in [0, 0.1) is 0 Å². The van der Waals surface area contributed by atoms with Gasteiger partial charge in [-0.15, -0.1) is 0 Å². The van der Waals surface area contributed by atoms with Crippen LogP contribution in [0.25, 0.3) is 21.5 Å². The molecule has 0 spiro atoms. The molecule has 0 aliphatic carbocycles. The first-order valence-electron chi connectivity index (χ1n) is 10.2. The van der Waals surface area contributed by atoms with Crippen LogP contribution in [-0.2, 0) is 0 Å². The third-order valence-electron chi connectivity index (χ3n) is 5.99. The van der Waals surface area contributed by atoms with E-state index in [2.05, 4.69) is 0 Å². The first kappa shape index (κ1) is 20.3. The second kappa shape index (κ2) is 8.40. The van der Waals surface area contributed by atoms with E-state index in [0.717, 1.165) is 46.6 Å². The minimum atomic E-state index is -0.138. The van der Waals surface area contributed by atoms with Gasteiger partial charge < -0.3 is 24.2 Å². The fourth-order valence-electron chi connectivity index (χ4n) is 4.38. The number of hydrogen-bond donors (Lipinski definition) is 1. The van der Waals surface area contributed by atoms with Crippen molar-refractivity contribution in [3.63, 3.8) is 0 Å². The summed E-state index contributed by atoms with van der Waals surface area (Å²) in [6.45, 7) is 0.641. The van der Waals surface area contributed by atoms with Gasteiger partial charge in [0, 0.05) is 12.1 Å². The number of methoxy groups -OCH3 is 3. The Morgan fingerprint density at radius 3 is 2.43 bits per heavy atom. The van der Waals surface area contributed by atoms with Crippen LogP contribution in [0.1, 0.15) is 29.6 Å². The van der Waals surface area contributed by atoms with Crippen LogP contribution in [0.2, 0.25) is 0 Å². The zero-order chi connectivity index (χ0) is 21.3. The number of amides is 1. The lowest BCUT2D eigenvalue weighted by Crippen LogP contribution is -2.45. The van der Waals surface area contributed by atoms with Gasteiger partial charge in [0.1, 0.15) is 5.75 Å². The van der Waals surface area contributed by atoms with Crippen molar-refractivity contribution in [2.45, 2.75) is 25.3 Å². The SMILES string of the molecule is COc1ccc2c(C(=O)N3CCCC[C@@H]3CO)cc3cc(OC)c(OC)cc3c2c1. The summed E-state index contributed by atoms with van der Waals surface area (Å²) in [6.07, 6.45) is 2.81. The number of benzene rings is 3. The van der Waals surface area contributed by atoms with Crippen molar-refractivity contribution >= 4 is 27.5 Å². The molecule has 1 atom stereocenters. The summed E-state index contributed by atoms with van der Waals surface area (Å²) < 4.78 is 16.4. The van der Waals surface area contributed by atoms with E-state index in [4.69, 9.17) is 14.2 Å². The maximum Gasteiger partial charge on any atom is 0.254 e. The van der Waals surface area contributed by atoms with E-state index in [1.165, 1.54) is 0 Å². The number of rotatable bonds is 5. The molecule has 0 bridgehead atoms. The minimum absolute atomic E-state index is 0.0178. The predicted octanol–water partition coefficient (Wildman–Crippen LogP) is 4.01. The first-order chi connectivity index (χ1) is 14.6. The van der Waals surface area contributed by atoms with E-state index in [-0.39, 0.29) is 18.6 Å². The Morgan fingerprint density at radius 1 is 0.967 bits per heavy atom. The van der Waals surface area contributed by atoms with Crippen LogP contribution in [0.4, 0.5) is 0 Å². The van der Waals surface area contributed by atoms with E-state index < -0.39 is 0 Å². The Bertz CT molecular complexity index is 1090. The zero-order valence-electron chi connectivity index (χ0n) is 17.6. The number of carbonyl (C=O) groups excluding carboxylic acids is 1. The largest absolute Gasteiger partial charge is 0.497 e. The highest BCUT2D eigenvalue weighted by atomic mass is 16.5. The number of piperidine rings is 1. The van der Waals surface area contributed by atoms with Crippen molar-refractivity contribution in [1.29, 1.82) is 0 Å². The summed E-state index contributed by atoms with van der Waals surface area (Å²) in [6, 6.07) is 11.3. The van der Waals surface area contributed by atoms with E-state index >= 15 is 0 Å². The Kier molecular flexibility index (Phi) is 5.68. The number of ether oxygens (including phenoxy) is 3. The molecule has 3 aromatic carbocycles. The van der Waals surface area contributed by atoms with Crippen molar-refractivity contribution in [2.24, 2.45) is 0 Å². The molecule has 158 valence electrons. The third kappa shape index (κ3) is 3.41. The maximum absolute atomic E-state index is 13.6. The summed E-state index contributed by atoms with van der Waals surface area (Å²) in [7, 11) is 4.83. The summed E-state index contributed by atoms with van der Waals surface area (Å²) >= 11 is 0. The lowest BCUT2D eigenvalue weighted by Gasteiger charge is -2.35. The van der Waals surface area contributed by atoms with Gasteiger partial charge in [0.2, 0.25) is 0 Å². The van der Waals surface area contributed by atoms with Gasteiger partial charge in [0.25, 0.3) is 5.91 Å². The van der Waals surface area contributed by atoms with Gasteiger partial charge >= 0.3 is 0 Å². The van der Waals surface area contributed by atoms with Crippen LogP contribution < -0.4 is 14.2 Å². The molecule has 30 heavy (non-hydrogen) atoms. The van der Waals surface area contributed by atoms with Gasteiger partial charge in [0.05, 0.1) is 34.0 Å². The number of carbonyl (C=O) groups is 1. The number of fused-ring (bicyclic) bond motifs is 3. The molecule has 0 aromatic heterocycles. The number of nitrogens with zero attached hydrogens (tertiary/aromatic N) is 1. The molecule has 0 unspecified atom stereocenters. The van der Waals surface area contributed by atoms with E-state index in [1.807, 2.05) is 41.3 Å². The van der Waals surface area contributed by atoms with Crippen molar-refractivity contribution < 1.29 is 24.1 Å². The molecule has 1 heterocycles. The molecule has 6 heteroatoms. The standard InChI is InChI=1S/C24H27NO5/c1-28-17-7-8-18-20(12-17)19-13-23(30-3)22(29-2)11-15(19)10-21(18)24(27)25-9-5-4-6-16(25)14-26/h7-8,10-13,16,26H,4-6,9,14H2,1-3H3/t16-/m1/s1. The average molecular weight is 409 g/mol. The van der Waals surface area contributed by atoms with Crippen molar-refractivity contribution in [2.75, 3.05) is 34.5 Å². The molecular formula is C24H27NO5. The lowest BCUT2D eigenvalue weighted by molar-refractivity contribution is 0.0505. The predicted molar refractivity (Wildman–Crippen MR) is 117 cm³/mol.